The van der Waals surface area contributed by atoms with Gasteiger partial charge in [-0.05, 0) is 25.3 Å². The van der Waals surface area contributed by atoms with Gasteiger partial charge in [0, 0.05) is 19.6 Å². The maximum atomic E-state index is 5.80. The molecule has 1 aromatic heterocycles. The Balaban J connectivity index is 1.94. The van der Waals surface area contributed by atoms with Crippen molar-refractivity contribution in [2.45, 2.75) is 37.9 Å². The van der Waals surface area contributed by atoms with Crippen molar-refractivity contribution in [1.82, 2.24) is 4.98 Å². The van der Waals surface area contributed by atoms with E-state index in [1.807, 2.05) is 12.1 Å². The number of rotatable bonds is 3. The maximum Gasteiger partial charge on any atom is 0.215 e. The SMILES string of the molecule is COC1CCCC(Oc2cccc(N)n2)C1. The molecule has 1 fully saturated rings. The number of aromatic nitrogens is 1. The standard InChI is InChI=1S/C12H18N2O2/c1-15-9-4-2-5-10(8-9)16-12-7-3-6-11(13)14-12/h3,6-7,9-10H,2,4-5,8H2,1H3,(H2,13,14). The molecule has 2 atom stereocenters. The summed E-state index contributed by atoms with van der Waals surface area (Å²) in [7, 11) is 1.76. The molecule has 0 bridgehead atoms. The van der Waals surface area contributed by atoms with E-state index in [0.717, 1.165) is 25.7 Å². The molecule has 2 N–H and O–H groups in total. The van der Waals surface area contributed by atoms with E-state index in [4.69, 9.17) is 15.2 Å². The lowest BCUT2D eigenvalue weighted by atomic mass is 9.95. The Morgan fingerprint density at radius 2 is 2.12 bits per heavy atom. The monoisotopic (exact) mass is 222 g/mol. The first-order valence-corrected chi connectivity index (χ1v) is 5.70. The van der Waals surface area contributed by atoms with E-state index in [1.165, 1.54) is 0 Å². The Kier molecular flexibility index (Phi) is 3.62. The Bertz CT molecular complexity index is 344. The van der Waals surface area contributed by atoms with Gasteiger partial charge < -0.3 is 15.2 Å². The van der Waals surface area contributed by atoms with Gasteiger partial charge in [-0.2, -0.15) is 4.98 Å². The van der Waals surface area contributed by atoms with E-state index in [-0.39, 0.29) is 6.10 Å². The zero-order valence-electron chi connectivity index (χ0n) is 9.56. The van der Waals surface area contributed by atoms with Crippen molar-refractivity contribution in [3.05, 3.63) is 18.2 Å². The Labute approximate surface area is 95.8 Å². The molecule has 0 aromatic carbocycles. The van der Waals surface area contributed by atoms with Crippen LogP contribution in [0.1, 0.15) is 25.7 Å². The van der Waals surface area contributed by atoms with Gasteiger partial charge >= 0.3 is 0 Å². The maximum absolute atomic E-state index is 5.80. The molecule has 4 heteroatoms. The van der Waals surface area contributed by atoms with Crippen LogP contribution in [0.3, 0.4) is 0 Å². The van der Waals surface area contributed by atoms with Crippen molar-refractivity contribution in [1.29, 1.82) is 0 Å². The molecular weight excluding hydrogens is 204 g/mol. The van der Waals surface area contributed by atoms with Crippen LogP contribution >= 0.6 is 0 Å². The first-order valence-electron chi connectivity index (χ1n) is 5.70. The molecule has 1 saturated carbocycles. The van der Waals surface area contributed by atoms with Crippen LogP contribution in [-0.2, 0) is 4.74 Å². The number of nitrogens with two attached hydrogens (primary N) is 1. The number of hydrogen-bond acceptors (Lipinski definition) is 4. The predicted octanol–water partition coefficient (Wildman–Crippen LogP) is 2.00. The quantitative estimate of drug-likeness (QED) is 0.849. The third-order valence-electron chi connectivity index (χ3n) is 2.94. The topological polar surface area (TPSA) is 57.4 Å². The van der Waals surface area contributed by atoms with Crippen molar-refractivity contribution >= 4 is 5.82 Å². The predicted molar refractivity (Wildman–Crippen MR) is 62.3 cm³/mol. The minimum absolute atomic E-state index is 0.202. The molecule has 1 aliphatic carbocycles. The van der Waals surface area contributed by atoms with E-state index >= 15 is 0 Å². The number of methoxy groups -OCH3 is 1. The Morgan fingerprint density at radius 3 is 2.88 bits per heavy atom. The molecule has 0 saturated heterocycles. The summed E-state index contributed by atoms with van der Waals surface area (Å²) in [5.41, 5.74) is 5.60. The molecule has 88 valence electrons. The van der Waals surface area contributed by atoms with Crippen LogP contribution in [0.4, 0.5) is 5.82 Å². The second kappa shape index (κ2) is 5.16. The Morgan fingerprint density at radius 1 is 1.31 bits per heavy atom. The summed E-state index contributed by atoms with van der Waals surface area (Å²) in [5, 5.41) is 0. The highest BCUT2D eigenvalue weighted by atomic mass is 16.5. The minimum Gasteiger partial charge on any atom is -0.474 e. The number of anilines is 1. The summed E-state index contributed by atoms with van der Waals surface area (Å²) in [6.07, 6.45) is 4.79. The fourth-order valence-electron chi connectivity index (χ4n) is 2.09. The molecule has 0 aliphatic heterocycles. The summed E-state index contributed by atoms with van der Waals surface area (Å²) in [4.78, 5) is 4.13. The summed E-state index contributed by atoms with van der Waals surface area (Å²) in [6.45, 7) is 0. The van der Waals surface area contributed by atoms with Crippen LogP contribution in [0.25, 0.3) is 0 Å². The van der Waals surface area contributed by atoms with Gasteiger partial charge in [-0.15, -0.1) is 0 Å². The van der Waals surface area contributed by atoms with Gasteiger partial charge in [-0.1, -0.05) is 6.07 Å². The molecule has 0 spiro atoms. The number of ether oxygens (including phenoxy) is 2. The first kappa shape index (κ1) is 11.2. The normalized spacial score (nSPS) is 25.3. The molecular formula is C12H18N2O2. The molecule has 0 radical (unpaired) electrons. The molecule has 1 aromatic rings. The fraction of sp³-hybridized carbons (Fsp3) is 0.583. The van der Waals surface area contributed by atoms with Gasteiger partial charge in [0.05, 0.1) is 6.10 Å². The smallest absolute Gasteiger partial charge is 0.215 e. The highest BCUT2D eigenvalue weighted by Gasteiger charge is 2.23. The van der Waals surface area contributed by atoms with Crippen LogP contribution in [-0.4, -0.2) is 24.3 Å². The van der Waals surface area contributed by atoms with Crippen molar-refractivity contribution in [2.75, 3.05) is 12.8 Å². The third-order valence-corrected chi connectivity index (χ3v) is 2.94. The Hall–Kier alpha value is -1.29. The zero-order valence-corrected chi connectivity index (χ0v) is 9.56. The highest BCUT2D eigenvalue weighted by Crippen LogP contribution is 2.24. The number of nitrogen functional groups attached to an aromatic ring is 1. The van der Waals surface area contributed by atoms with E-state index in [0.29, 0.717) is 17.8 Å². The zero-order chi connectivity index (χ0) is 11.4. The van der Waals surface area contributed by atoms with E-state index < -0.39 is 0 Å². The molecule has 0 amide bonds. The second-order valence-electron chi connectivity index (χ2n) is 4.16. The van der Waals surface area contributed by atoms with Gasteiger partial charge in [0.1, 0.15) is 11.9 Å². The largest absolute Gasteiger partial charge is 0.474 e. The molecule has 2 unspecified atom stereocenters. The first-order chi connectivity index (χ1) is 7.78. The summed E-state index contributed by atoms with van der Waals surface area (Å²) >= 11 is 0. The van der Waals surface area contributed by atoms with Crippen LogP contribution in [0.2, 0.25) is 0 Å². The highest BCUT2D eigenvalue weighted by molar-refractivity contribution is 5.31. The molecule has 1 heterocycles. The van der Waals surface area contributed by atoms with Crippen LogP contribution in [0.15, 0.2) is 18.2 Å². The lowest BCUT2D eigenvalue weighted by Crippen LogP contribution is -2.29. The van der Waals surface area contributed by atoms with Crippen LogP contribution in [0, 0.1) is 0 Å². The van der Waals surface area contributed by atoms with Gasteiger partial charge in [-0.3, -0.25) is 0 Å². The number of pyridine rings is 1. The second-order valence-corrected chi connectivity index (χ2v) is 4.16. The molecule has 16 heavy (non-hydrogen) atoms. The molecule has 2 rings (SSSR count). The lowest BCUT2D eigenvalue weighted by Gasteiger charge is -2.28. The fourth-order valence-corrected chi connectivity index (χ4v) is 2.09. The van der Waals surface area contributed by atoms with Crippen molar-refractivity contribution in [3.63, 3.8) is 0 Å². The molecule has 4 nitrogen and oxygen atoms in total. The lowest BCUT2D eigenvalue weighted by molar-refractivity contribution is 0.0196. The average Bonchev–Trinajstić information content (AvgIpc) is 2.29. The van der Waals surface area contributed by atoms with Crippen LogP contribution in [0.5, 0.6) is 5.88 Å². The van der Waals surface area contributed by atoms with Gasteiger partial charge in [0.2, 0.25) is 5.88 Å². The van der Waals surface area contributed by atoms with Crippen LogP contribution < -0.4 is 10.5 Å². The third kappa shape index (κ3) is 2.85. The summed E-state index contributed by atoms with van der Waals surface area (Å²) in [5.74, 6) is 1.11. The van der Waals surface area contributed by atoms with E-state index in [1.54, 1.807) is 13.2 Å². The molecule has 1 aliphatic rings. The van der Waals surface area contributed by atoms with Crippen molar-refractivity contribution in [3.8, 4) is 5.88 Å². The van der Waals surface area contributed by atoms with Gasteiger partial charge in [-0.25, -0.2) is 0 Å². The summed E-state index contributed by atoms with van der Waals surface area (Å²) < 4.78 is 11.2. The van der Waals surface area contributed by atoms with Crippen molar-refractivity contribution in [2.24, 2.45) is 0 Å². The minimum atomic E-state index is 0.202. The average molecular weight is 222 g/mol. The van der Waals surface area contributed by atoms with E-state index in [2.05, 4.69) is 4.98 Å². The summed E-state index contributed by atoms with van der Waals surface area (Å²) in [6, 6.07) is 5.45. The van der Waals surface area contributed by atoms with Gasteiger partial charge in [0.25, 0.3) is 0 Å². The van der Waals surface area contributed by atoms with E-state index in [9.17, 15) is 0 Å². The van der Waals surface area contributed by atoms with Gasteiger partial charge in [0.15, 0.2) is 0 Å². The van der Waals surface area contributed by atoms with Crippen molar-refractivity contribution < 1.29 is 9.47 Å². The number of nitrogens with zero attached hydrogens (tertiary/aromatic N) is 1. The number of hydrogen-bond donors (Lipinski definition) is 1.